The maximum absolute atomic E-state index is 6.28. The van der Waals surface area contributed by atoms with Crippen LogP contribution in [0, 0.1) is 13.8 Å². The average Bonchev–Trinajstić information content (AvgIpc) is 2.92. The SMILES string of the molecule is Cc1ccc(NC(=S)Nc2nn(Cc3ccccc3Cl)cc2Cl)c(C)c1. The second-order valence-electron chi connectivity index (χ2n) is 6.01. The largest absolute Gasteiger partial charge is 0.332 e. The highest BCUT2D eigenvalue weighted by Gasteiger charge is 2.11. The molecule has 26 heavy (non-hydrogen) atoms. The topological polar surface area (TPSA) is 41.9 Å². The first-order valence-corrected chi connectivity index (χ1v) is 9.20. The Morgan fingerprint density at radius 3 is 2.58 bits per heavy atom. The van der Waals surface area contributed by atoms with E-state index in [9.17, 15) is 0 Å². The number of hydrogen-bond acceptors (Lipinski definition) is 2. The number of halogens is 2. The van der Waals surface area contributed by atoms with Gasteiger partial charge in [0, 0.05) is 16.9 Å². The van der Waals surface area contributed by atoms with E-state index in [1.54, 1.807) is 10.9 Å². The maximum atomic E-state index is 6.28. The summed E-state index contributed by atoms with van der Waals surface area (Å²) >= 11 is 17.9. The number of rotatable bonds is 4. The summed E-state index contributed by atoms with van der Waals surface area (Å²) in [5.41, 5.74) is 4.23. The highest BCUT2D eigenvalue weighted by atomic mass is 35.5. The molecule has 0 saturated heterocycles. The van der Waals surface area contributed by atoms with Gasteiger partial charge in [0.1, 0.15) is 5.02 Å². The second kappa shape index (κ2) is 8.08. The molecule has 0 bridgehead atoms. The van der Waals surface area contributed by atoms with Crippen LogP contribution < -0.4 is 10.6 Å². The smallest absolute Gasteiger partial charge is 0.176 e. The van der Waals surface area contributed by atoms with Crippen LogP contribution in [0.15, 0.2) is 48.7 Å². The number of aryl methyl sites for hydroxylation is 2. The van der Waals surface area contributed by atoms with E-state index in [1.165, 1.54) is 5.56 Å². The van der Waals surface area contributed by atoms with Crippen molar-refractivity contribution in [2.75, 3.05) is 10.6 Å². The zero-order chi connectivity index (χ0) is 18.7. The van der Waals surface area contributed by atoms with E-state index in [4.69, 9.17) is 35.4 Å². The van der Waals surface area contributed by atoms with E-state index < -0.39 is 0 Å². The van der Waals surface area contributed by atoms with Gasteiger partial charge in [0.2, 0.25) is 0 Å². The predicted molar refractivity (Wildman–Crippen MR) is 114 cm³/mol. The van der Waals surface area contributed by atoms with Crippen molar-refractivity contribution in [3.8, 4) is 0 Å². The van der Waals surface area contributed by atoms with Gasteiger partial charge < -0.3 is 10.6 Å². The van der Waals surface area contributed by atoms with Crippen LogP contribution in [0.4, 0.5) is 11.5 Å². The van der Waals surface area contributed by atoms with E-state index in [2.05, 4.69) is 28.7 Å². The Hall–Kier alpha value is -2.08. The van der Waals surface area contributed by atoms with Crippen molar-refractivity contribution in [1.82, 2.24) is 9.78 Å². The van der Waals surface area contributed by atoms with Crippen molar-refractivity contribution in [2.24, 2.45) is 0 Å². The van der Waals surface area contributed by atoms with Crippen LogP contribution in [0.3, 0.4) is 0 Å². The molecule has 0 saturated carbocycles. The van der Waals surface area contributed by atoms with Crippen LogP contribution in [-0.4, -0.2) is 14.9 Å². The van der Waals surface area contributed by atoms with Crippen molar-refractivity contribution in [1.29, 1.82) is 0 Å². The maximum Gasteiger partial charge on any atom is 0.176 e. The molecule has 1 aromatic heterocycles. The number of benzene rings is 2. The Labute approximate surface area is 168 Å². The lowest BCUT2D eigenvalue weighted by atomic mass is 10.1. The Bertz CT molecular complexity index is 952. The third kappa shape index (κ3) is 4.55. The molecule has 4 nitrogen and oxygen atoms in total. The molecule has 1 heterocycles. The minimum Gasteiger partial charge on any atom is -0.332 e. The van der Waals surface area contributed by atoms with Gasteiger partial charge in [-0.1, -0.05) is 59.1 Å². The average molecular weight is 405 g/mol. The van der Waals surface area contributed by atoms with Crippen molar-refractivity contribution in [2.45, 2.75) is 20.4 Å². The molecule has 7 heteroatoms. The molecule has 0 aliphatic rings. The molecular weight excluding hydrogens is 387 g/mol. The third-order valence-corrected chi connectivity index (χ3v) is 4.72. The molecule has 0 aliphatic carbocycles. The third-order valence-electron chi connectivity index (χ3n) is 3.87. The lowest BCUT2D eigenvalue weighted by Crippen LogP contribution is -2.20. The summed E-state index contributed by atoms with van der Waals surface area (Å²) in [5, 5.41) is 12.3. The summed E-state index contributed by atoms with van der Waals surface area (Å²) < 4.78 is 1.73. The Morgan fingerprint density at radius 1 is 1.08 bits per heavy atom. The number of hydrogen-bond donors (Lipinski definition) is 2. The molecule has 0 spiro atoms. The molecule has 0 unspecified atom stereocenters. The van der Waals surface area contributed by atoms with Gasteiger partial charge in [-0.2, -0.15) is 5.10 Å². The Balaban J connectivity index is 1.69. The molecule has 3 rings (SSSR count). The van der Waals surface area contributed by atoms with E-state index in [0.717, 1.165) is 16.8 Å². The summed E-state index contributed by atoms with van der Waals surface area (Å²) in [4.78, 5) is 0. The summed E-state index contributed by atoms with van der Waals surface area (Å²) in [6, 6.07) is 13.8. The Kier molecular flexibility index (Phi) is 5.81. The number of anilines is 2. The number of thiocarbonyl (C=S) groups is 1. The molecule has 2 N–H and O–H groups in total. The second-order valence-corrected chi connectivity index (χ2v) is 7.23. The van der Waals surface area contributed by atoms with Crippen LogP contribution in [0.5, 0.6) is 0 Å². The van der Waals surface area contributed by atoms with Gasteiger partial charge in [0.25, 0.3) is 0 Å². The van der Waals surface area contributed by atoms with Gasteiger partial charge >= 0.3 is 0 Å². The summed E-state index contributed by atoms with van der Waals surface area (Å²) in [6.07, 6.45) is 1.74. The first-order chi connectivity index (χ1) is 12.4. The van der Waals surface area contributed by atoms with E-state index in [-0.39, 0.29) is 0 Å². The van der Waals surface area contributed by atoms with E-state index in [1.807, 2.05) is 43.3 Å². The number of aromatic nitrogens is 2. The van der Waals surface area contributed by atoms with Crippen LogP contribution in [0.1, 0.15) is 16.7 Å². The van der Waals surface area contributed by atoms with Crippen LogP contribution in [-0.2, 0) is 6.54 Å². The highest BCUT2D eigenvalue weighted by Crippen LogP contribution is 2.23. The van der Waals surface area contributed by atoms with Gasteiger partial charge in [0.05, 0.1) is 6.54 Å². The molecule has 0 radical (unpaired) electrons. The van der Waals surface area contributed by atoms with Crippen molar-refractivity contribution >= 4 is 52.0 Å². The minimum absolute atomic E-state index is 0.432. The van der Waals surface area contributed by atoms with Crippen LogP contribution >= 0.6 is 35.4 Å². The van der Waals surface area contributed by atoms with Gasteiger partial charge in [-0.3, -0.25) is 4.68 Å². The highest BCUT2D eigenvalue weighted by molar-refractivity contribution is 7.80. The Morgan fingerprint density at radius 2 is 1.85 bits per heavy atom. The summed E-state index contributed by atoms with van der Waals surface area (Å²) in [6.45, 7) is 4.61. The molecular formula is C19H18Cl2N4S. The van der Waals surface area contributed by atoms with Crippen LogP contribution in [0.25, 0.3) is 0 Å². The zero-order valence-corrected chi connectivity index (χ0v) is 16.7. The first-order valence-electron chi connectivity index (χ1n) is 8.04. The minimum atomic E-state index is 0.432. The van der Waals surface area contributed by atoms with Crippen LogP contribution in [0.2, 0.25) is 10.0 Å². The molecule has 0 aliphatic heterocycles. The normalized spacial score (nSPS) is 10.6. The molecule has 0 fully saturated rings. The molecule has 0 atom stereocenters. The molecule has 134 valence electrons. The monoisotopic (exact) mass is 404 g/mol. The quantitative estimate of drug-likeness (QED) is 0.550. The standard InChI is InChI=1S/C19H18Cl2N4S/c1-12-7-8-17(13(2)9-12)22-19(26)23-18-16(21)11-25(24-18)10-14-5-3-4-6-15(14)20/h3-9,11H,10H2,1-2H3,(H2,22,23,24,26). The predicted octanol–water partition coefficient (Wildman–Crippen LogP) is 5.66. The van der Waals surface area contributed by atoms with Crippen molar-refractivity contribution < 1.29 is 0 Å². The van der Waals surface area contributed by atoms with Crippen molar-refractivity contribution in [3.05, 3.63) is 75.4 Å². The van der Waals surface area contributed by atoms with Crippen molar-refractivity contribution in [3.63, 3.8) is 0 Å². The summed E-state index contributed by atoms with van der Waals surface area (Å²) in [7, 11) is 0. The first kappa shape index (κ1) is 18.7. The fourth-order valence-electron chi connectivity index (χ4n) is 2.58. The lowest BCUT2D eigenvalue weighted by Gasteiger charge is -2.12. The fourth-order valence-corrected chi connectivity index (χ4v) is 3.18. The molecule has 0 amide bonds. The fraction of sp³-hybridized carbons (Fsp3) is 0.158. The molecule has 2 aromatic carbocycles. The molecule has 3 aromatic rings. The lowest BCUT2D eigenvalue weighted by molar-refractivity contribution is 0.690. The van der Waals surface area contributed by atoms with E-state index >= 15 is 0 Å². The zero-order valence-electron chi connectivity index (χ0n) is 14.4. The van der Waals surface area contributed by atoms with Gasteiger partial charge in [0.15, 0.2) is 10.9 Å². The number of nitrogens with zero attached hydrogens (tertiary/aromatic N) is 2. The van der Waals surface area contributed by atoms with Gasteiger partial charge in [-0.25, -0.2) is 0 Å². The van der Waals surface area contributed by atoms with Gasteiger partial charge in [-0.15, -0.1) is 0 Å². The summed E-state index contributed by atoms with van der Waals surface area (Å²) in [5.74, 6) is 0.501. The van der Waals surface area contributed by atoms with Gasteiger partial charge in [-0.05, 0) is 49.3 Å². The van der Waals surface area contributed by atoms with E-state index in [0.29, 0.717) is 27.5 Å². The number of nitrogens with one attached hydrogen (secondary N) is 2.